The number of fused-ring (bicyclic) bond motifs is 2. The molecule has 0 fully saturated rings. The van der Waals surface area contributed by atoms with E-state index in [1.165, 1.54) is 6.20 Å². The molecule has 1 heterocycles. The molecular weight excluding hydrogens is 422 g/mol. The molecular formula is C20H23N5O3S2. The number of hydrogen-bond donors (Lipinski definition) is 3. The number of hydrogen-bond acceptors (Lipinski definition) is 6. The Balaban J connectivity index is 1.69. The highest BCUT2D eigenvalue weighted by molar-refractivity contribution is 7.93. The van der Waals surface area contributed by atoms with Crippen LogP contribution in [0.4, 0.5) is 10.5 Å². The van der Waals surface area contributed by atoms with Crippen LogP contribution in [0, 0.1) is 11.3 Å². The summed E-state index contributed by atoms with van der Waals surface area (Å²) in [6, 6.07) is 1.57. The van der Waals surface area contributed by atoms with Crippen LogP contribution in [-0.4, -0.2) is 20.3 Å². The molecule has 0 saturated heterocycles. The summed E-state index contributed by atoms with van der Waals surface area (Å²) in [5.41, 5.74) is 4.27. The zero-order valence-electron chi connectivity index (χ0n) is 16.8. The average Bonchev–Trinajstić information content (AvgIpc) is 3.40. The number of anilines is 1. The standard InChI is InChI=1S/C20H23N5O3S2/c1-20(2,27)18-23-10-16(29-18)30(22,28)25-19(26)24-17-13-7-3-5-11(13)15(9-21)12-6-4-8-14(12)17/h10,27H,3-8H2,1-2H3,(H3,22,24,25,26,28)/t30-/m1/s1. The van der Waals surface area contributed by atoms with Gasteiger partial charge in [0.25, 0.3) is 0 Å². The second-order valence-electron chi connectivity index (χ2n) is 8.12. The predicted molar refractivity (Wildman–Crippen MR) is 115 cm³/mol. The number of thiazole rings is 1. The van der Waals surface area contributed by atoms with Crippen LogP contribution in [0.3, 0.4) is 0 Å². The number of aromatic nitrogens is 1. The molecule has 1 aromatic carbocycles. The van der Waals surface area contributed by atoms with Crippen molar-refractivity contribution in [1.29, 1.82) is 5.26 Å². The van der Waals surface area contributed by atoms with Gasteiger partial charge in [0.2, 0.25) is 0 Å². The number of urea groups is 1. The van der Waals surface area contributed by atoms with Crippen LogP contribution in [0.5, 0.6) is 0 Å². The maximum atomic E-state index is 12.9. The molecule has 10 heteroatoms. The third kappa shape index (κ3) is 3.63. The number of carbonyl (C=O) groups is 1. The fraction of sp³-hybridized carbons (Fsp3) is 0.450. The molecule has 2 aromatic rings. The highest BCUT2D eigenvalue weighted by Crippen LogP contribution is 2.41. The molecule has 30 heavy (non-hydrogen) atoms. The Kier molecular flexibility index (Phi) is 5.18. The molecule has 0 unspecified atom stereocenters. The van der Waals surface area contributed by atoms with Crippen LogP contribution < -0.4 is 10.5 Å². The number of nitrogens with zero attached hydrogens (tertiary/aromatic N) is 3. The van der Waals surface area contributed by atoms with Crippen LogP contribution in [-0.2, 0) is 41.2 Å². The van der Waals surface area contributed by atoms with E-state index in [9.17, 15) is 19.4 Å². The van der Waals surface area contributed by atoms with E-state index in [1.54, 1.807) is 13.8 Å². The Labute approximate surface area is 179 Å². The SMILES string of the molecule is CC(C)(O)c1ncc([S@](N)(=O)=NC(=O)Nc2c3c(c(C#N)c4c2CCC4)CCC3)s1. The minimum Gasteiger partial charge on any atom is -0.383 e. The Morgan fingerprint density at radius 1 is 1.27 bits per heavy atom. The van der Waals surface area contributed by atoms with E-state index in [1.807, 2.05) is 0 Å². The van der Waals surface area contributed by atoms with E-state index in [4.69, 9.17) is 5.14 Å². The summed E-state index contributed by atoms with van der Waals surface area (Å²) < 4.78 is 16.8. The first-order chi connectivity index (χ1) is 14.1. The summed E-state index contributed by atoms with van der Waals surface area (Å²) in [5.74, 6) is 0. The number of nitrogens with one attached hydrogen (secondary N) is 1. The largest absolute Gasteiger partial charge is 0.383 e. The van der Waals surface area contributed by atoms with Crippen molar-refractivity contribution in [3.05, 3.63) is 39.0 Å². The van der Waals surface area contributed by atoms with Gasteiger partial charge >= 0.3 is 6.03 Å². The first kappa shape index (κ1) is 20.9. The summed E-state index contributed by atoms with van der Waals surface area (Å²) in [6.07, 6.45) is 6.36. The molecule has 0 aliphatic heterocycles. The van der Waals surface area contributed by atoms with Crippen molar-refractivity contribution in [2.24, 2.45) is 9.50 Å². The van der Waals surface area contributed by atoms with Crippen molar-refractivity contribution in [2.45, 2.75) is 62.2 Å². The number of benzene rings is 1. The number of aliphatic hydroxyl groups is 1. The van der Waals surface area contributed by atoms with Crippen molar-refractivity contribution < 1.29 is 14.1 Å². The lowest BCUT2D eigenvalue weighted by molar-refractivity contribution is 0.0783. The molecule has 2 aliphatic carbocycles. The summed E-state index contributed by atoms with van der Waals surface area (Å²) >= 11 is 0.969. The second-order valence-corrected chi connectivity index (χ2v) is 11.2. The molecule has 8 nitrogen and oxygen atoms in total. The topological polar surface area (TPSA) is 141 Å². The highest BCUT2D eigenvalue weighted by atomic mass is 32.2. The first-order valence-electron chi connectivity index (χ1n) is 9.76. The van der Waals surface area contributed by atoms with Gasteiger partial charge in [0.1, 0.15) is 14.8 Å². The molecule has 2 amide bonds. The zero-order valence-corrected chi connectivity index (χ0v) is 18.5. The molecule has 0 spiro atoms. The van der Waals surface area contributed by atoms with Gasteiger partial charge < -0.3 is 10.4 Å². The normalized spacial score (nSPS) is 17.0. The van der Waals surface area contributed by atoms with Gasteiger partial charge in [0.05, 0.1) is 17.8 Å². The van der Waals surface area contributed by atoms with Crippen LogP contribution >= 0.6 is 11.3 Å². The summed E-state index contributed by atoms with van der Waals surface area (Å²) in [5, 5.41) is 28.7. The van der Waals surface area contributed by atoms with Gasteiger partial charge in [0, 0.05) is 5.69 Å². The number of nitrogens with two attached hydrogens (primary N) is 1. The van der Waals surface area contributed by atoms with Crippen LogP contribution in [0.25, 0.3) is 0 Å². The van der Waals surface area contributed by atoms with Gasteiger partial charge in [-0.2, -0.15) is 5.26 Å². The van der Waals surface area contributed by atoms with Gasteiger partial charge in [0.15, 0.2) is 9.92 Å². The van der Waals surface area contributed by atoms with E-state index < -0.39 is 21.5 Å². The number of nitriles is 1. The van der Waals surface area contributed by atoms with E-state index in [0.29, 0.717) is 10.7 Å². The maximum absolute atomic E-state index is 12.9. The van der Waals surface area contributed by atoms with Crippen LogP contribution in [0.15, 0.2) is 14.8 Å². The quantitative estimate of drug-likeness (QED) is 0.665. The minimum atomic E-state index is -3.50. The molecule has 0 radical (unpaired) electrons. The number of carbonyl (C=O) groups excluding carboxylic acids is 1. The lowest BCUT2D eigenvalue weighted by Gasteiger charge is -2.17. The van der Waals surface area contributed by atoms with Crippen molar-refractivity contribution in [2.75, 3.05) is 5.32 Å². The van der Waals surface area contributed by atoms with Crippen molar-refractivity contribution in [3.63, 3.8) is 0 Å². The molecule has 4 rings (SSSR count). The lowest BCUT2D eigenvalue weighted by atomic mass is 9.93. The summed E-state index contributed by atoms with van der Waals surface area (Å²) in [6.45, 7) is 3.12. The smallest absolute Gasteiger partial charge is 0.354 e. The second kappa shape index (κ2) is 7.42. The van der Waals surface area contributed by atoms with Gasteiger partial charge in [-0.25, -0.2) is 19.1 Å². The Bertz CT molecular complexity index is 1180. The van der Waals surface area contributed by atoms with Crippen LogP contribution in [0.2, 0.25) is 0 Å². The maximum Gasteiger partial charge on any atom is 0.354 e. The minimum absolute atomic E-state index is 0.130. The highest BCUT2D eigenvalue weighted by Gasteiger charge is 2.30. The monoisotopic (exact) mass is 445 g/mol. The molecule has 158 valence electrons. The molecule has 4 N–H and O–H groups in total. The van der Waals surface area contributed by atoms with E-state index >= 15 is 0 Å². The number of amides is 2. The van der Waals surface area contributed by atoms with Crippen molar-refractivity contribution in [1.82, 2.24) is 4.98 Å². The third-order valence-corrected chi connectivity index (χ3v) is 8.69. The van der Waals surface area contributed by atoms with E-state index in [0.717, 1.165) is 77.7 Å². The van der Waals surface area contributed by atoms with Crippen molar-refractivity contribution >= 4 is 33.0 Å². The zero-order chi connectivity index (χ0) is 21.7. The fourth-order valence-corrected chi connectivity index (χ4v) is 6.28. The summed E-state index contributed by atoms with van der Waals surface area (Å²) in [4.78, 5) is 16.7. The fourth-order valence-electron chi connectivity index (χ4n) is 4.22. The van der Waals surface area contributed by atoms with Gasteiger partial charge in [-0.05, 0) is 74.6 Å². The van der Waals surface area contributed by atoms with Gasteiger partial charge in [-0.15, -0.1) is 15.7 Å². The van der Waals surface area contributed by atoms with Gasteiger partial charge in [-0.3, -0.25) is 0 Å². The summed E-state index contributed by atoms with van der Waals surface area (Å²) in [7, 11) is -3.50. The molecule has 1 aromatic heterocycles. The van der Waals surface area contributed by atoms with Gasteiger partial charge in [-0.1, -0.05) is 0 Å². The molecule has 0 bridgehead atoms. The van der Waals surface area contributed by atoms with Crippen molar-refractivity contribution in [3.8, 4) is 6.07 Å². The first-order valence-corrected chi connectivity index (χ1v) is 12.2. The Morgan fingerprint density at radius 3 is 2.33 bits per heavy atom. The molecule has 1 atom stereocenters. The van der Waals surface area contributed by atoms with Crippen LogP contribution in [0.1, 0.15) is 59.5 Å². The predicted octanol–water partition coefficient (Wildman–Crippen LogP) is 3.15. The van der Waals surface area contributed by atoms with E-state index in [2.05, 4.69) is 20.7 Å². The average molecular weight is 446 g/mol. The lowest BCUT2D eigenvalue weighted by Crippen LogP contribution is -2.18. The third-order valence-electron chi connectivity index (χ3n) is 5.50. The van der Waals surface area contributed by atoms with E-state index in [-0.39, 0.29) is 4.21 Å². The Morgan fingerprint density at radius 2 is 1.83 bits per heavy atom. The number of rotatable bonds is 3. The molecule has 2 aliphatic rings. The molecule has 0 saturated carbocycles. The Hall–Kier alpha value is -2.32.